The van der Waals surface area contributed by atoms with Gasteiger partial charge in [0, 0.05) is 35.0 Å². The van der Waals surface area contributed by atoms with Gasteiger partial charge in [0.15, 0.2) is 0 Å². The number of hydrogen-bond donors (Lipinski definition) is 1. The van der Waals surface area contributed by atoms with Crippen LogP contribution in [0.3, 0.4) is 0 Å². The molecule has 2 atom stereocenters. The van der Waals surface area contributed by atoms with Crippen LogP contribution in [-0.4, -0.2) is 57.7 Å². The molecule has 2 saturated heterocycles. The number of rotatable bonds is 7. The molecule has 3 rings (SSSR count). The summed E-state index contributed by atoms with van der Waals surface area (Å²) < 4.78 is 11.9. The Morgan fingerprint density at radius 1 is 0.789 bits per heavy atom. The normalized spacial score (nSPS) is 26.6. The van der Waals surface area contributed by atoms with Crippen molar-refractivity contribution in [2.24, 2.45) is 0 Å². The van der Waals surface area contributed by atoms with Crippen LogP contribution in [-0.2, 0) is 9.47 Å². The monoisotopic (exact) mass is 528 g/mol. The minimum atomic E-state index is -0.342. The van der Waals surface area contributed by atoms with Crippen molar-refractivity contribution in [1.29, 1.82) is 0 Å². The molecule has 2 fully saturated rings. The third-order valence-electron chi connectivity index (χ3n) is 8.41. The van der Waals surface area contributed by atoms with E-state index in [2.05, 4.69) is 72.5 Å². The van der Waals surface area contributed by atoms with Crippen LogP contribution in [0.2, 0.25) is 0 Å². The van der Waals surface area contributed by atoms with Gasteiger partial charge in [-0.1, -0.05) is 13.3 Å². The van der Waals surface area contributed by atoms with Crippen LogP contribution in [0, 0.1) is 0 Å². The number of esters is 2. The first kappa shape index (κ1) is 30.6. The van der Waals surface area contributed by atoms with E-state index in [0.717, 1.165) is 45.1 Å². The number of nitrogens with one attached hydrogen (secondary N) is 1. The minimum Gasteiger partial charge on any atom is -0.459 e. The van der Waals surface area contributed by atoms with E-state index in [1.54, 1.807) is 24.3 Å². The molecule has 6 nitrogen and oxygen atoms in total. The van der Waals surface area contributed by atoms with Crippen molar-refractivity contribution in [1.82, 2.24) is 10.2 Å². The van der Waals surface area contributed by atoms with E-state index in [4.69, 9.17) is 9.47 Å². The Kier molecular flexibility index (Phi) is 9.41. The fourth-order valence-electron chi connectivity index (χ4n) is 6.76. The maximum absolute atomic E-state index is 13.1. The molecule has 0 amide bonds. The zero-order chi connectivity index (χ0) is 28.4. The number of likely N-dealkylation sites (tertiary alicyclic amines) is 1. The SMILES string of the molecule is CCCCN1C(C)(C)CCC(OC(=O)c2ccc(C(=O)OC3CCC(C)(C)NC(C)(C)C3)cc2)CC1(C)C. The summed E-state index contributed by atoms with van der Waals surface area (Å²) in [5, 5.41) is 3.67. The summed E-state index contributed by atoms with van der Waals surface area (Å²) in [4.78, 5) is 28.6. The molecule has 0 saturated carbocycles. The highest BCUT2D eigenvalue weighted by molar-refractivity contribution is 5.93. The Hall–Kier alpha value is -1.92. The molecule has 0 spiro atoms. The van der Waals surface area contributed by atoms with Crippen LogP contribution in [0.5, 0.6) is 0 Å². The largest absolute Gasteiger partial charge is 0.459 e. The van der Waals surface area contributed by atoms with Gasteiger partial charge in [-0.05, 0) is 118 Å². The van der Waals surface area contributed by atoms with Crippen LogP contribution in [0.4, 0.5) is 0 Å². The first-order valence-electron chi connectivity index (χ1n) is 14.6. The van der Waals surface area contributed by atoms with Gasteiger partial charge in [-0.25, -0.2) is 9.59 Å². The summed E-state index contributed by atoms with van der Waals surface area (Å²) in [6.45, 7) is 21.1. The fourth-order valence-corrected chi connectivity index (χ4v) is 6.76. The first-order chi connectivity index (χ1) is 17.5. The summed E-state index contributed by atoms with van der Waals surface area (Å²) >= 11 is 0. The molecule has 214 valence electrons. The number of nitrogens with zero attached hydrogens (tertiary/aromatic N) is 1. The van der Waals surface area contributed by atoms with Gasteiger partial charge in [-0.3, -0.25) is 4.90 Å². The lowest BCUT2D eigenvalue weighted by molar-refractivity contribution is -0.000850. The van der Waals surface area contributed by atoms with Crippen molar-refractivity contribution < 1.29 is 19.1 Å². The second-order valence-electron chi connectivity index (χ2n) is 14.1. The first-order valence-corrected chi connectivity index (χ1v) is 14.6. The Bertz CT molecular complexity index is 964. The van der Waals surface area contributed by atoms with Gasteiger partial charge >= 0.3 is 11.9 Å². The Labute approximate surface area is 231 Å². The van der Waals surface area contributed by atoms with Gasteiger partial charge in [0.05, 0.1) is 11.1 Å². The van der Waals surface area contributed by atoms with Gasteiger partial charge in [0.1, 0.15) is 12.2 Å². The molecule has 2 aliphatic heterocycles. The smallest absolute Gasteiger partial charge is 0.338 e. The maximum atomic E-state index is 13.1. The molecule has 6 heteroatoms. The third-order valence-corrected chi connectivity index (χ3v) is 8.41. The number of unbranched alkanes of at least 4 members (excludes halogenated alkanes) is 1. The molecule has 0 radical (unpaired) electrons. The number of carbonyl (C=O) groups is 2. The highest BCUT2D eigenvalue weighted by atomic mass is 16.5. The Morgan fingerprint density at radius 2 is 1.29 bits per heavy atom. The number of hydrogen-bond acceptors (Lipinski definition) is 6. The topological polar surface area (TPSA) is 67.9 Å². The van der Waals surface area contributed by atoms with Crippen LogP contribution in [0.15, 0.2) is 24.3 Å². The van der Waals surface area contributed by atoms with Gasteiger partial charge < -0.3 is 14.8 Å². The molecule has 2 heterocycles. The average Bonchev–Trinajstić information content (AvgIpc) is 2.95. The van der Waals surface area contributed by atoms with Crippen LogP contribution in [0.1, 0.15) is 134 Å². The molecule has 0 aromatic heterocycles. The molecule has 2 unspecified atom stereocenters. The molecule has 1 aromatic rings. The lowest BCUT2D eigenvalue weighted by Crippen LogP contribution is -2.55. The molecule has 38 heavy (non-hydrogen) atoms. The molecule has 2 aliphatic rings. The fraction of sp³-hybridized carbons (Fsp3) is 0.750. The van der Waals surface area contributed by atoms with E-state index < -0.39 is 0 Å². The van der Waals surface area contributed by atoms with Crippen LogP contribution in [0.25, 0.3) is 0 Å². The molecule has 0 aliphatic carbocycles. The van der Waals surface area contributed by atoms with E-state index in [0.29, 0.717) is 11.1 Å². The molecule has 1 N–H and O–H groups in total. The summed E-state index contributed by atoms with van der Waals surface area (Å²) in [5.74, 6) is -0.672. The van der Waals surface area contributed by atoms with Crippen molar-refractivity contribution in [3.05, 3.63) is 35.4 Å². The second-order valence-corrected chi connectivity index (χ2v) is 14.1. The summed E-state index contributed by atoms with van der Waals surface area (Å²) in [5.41, 5.74) is 0.800. The summed E-state index contributed by atoms with van der Waals surface area (Å²) in [6.07, 6.45) is 7.20. The van der Waals surface area contributed by atoms with Gasteiger partial charge in [0.2, 0.25) is 0 Å². The number of benzene rings is 1. The maximum Gasteiger partial charge on any atom is 0.338 e. The zero-order valence-corrected chi connectivity index (χ0v) is 25.4. The van der Waals surface area contributed by atoms with Crippen LogP contribution >= 0.6 is 0 Å². The van der Waals surface area contributed by atoms with Crippen molar-refractivity contribution in [3.8, 4) is 0 Å². The summed E-state index contributed by atoms with van der Waals surface area (Å²) in [6, 6.07) is 6.71. The lowest BCUT2D eigenvalue weighted by Gasteiger charge is -2.47. The standard InChI is InChI=1S/C32H52N2O4/c1-10-11-20-34-31(6,7)19-17-26(22-32(34,8)9)38-28(36)24-14-12-23(13-15-24)27(35)37-25-16-18-29(2,3)33-30(4,5)21-25/h12-15,25-26,33H,10-11,16-22H2,1-9H3. The Morgan fingerprint density at radius 3 is 1.82 bits per heavy atom. The predicted molar refractivity (Wildman–Crippen MR) is 154 cm³/mol. The van der Waals surface area contributed by atoms with E-state index >= 15 is 0 Å². The van der Waals surface area contributed by atoms with E-state index in [9.17, 15) is 9.59 Å². The van der Waals surface area contributed by atoms with Crippen molar-refractivity contribution >= 4 is 11.9 Å². The third kappa shape index (κ3) is 8.05. The minimum absolute atomic E-state index is 0.00275. The quantitative estimate of drug-likeness (QED) is 0.388. The molecule has 0 bridgehead atoms. The van der Waals surface area contributed by atoms with Crippen molar-refractivity contribution in [2.75, 3.05) is 6.54 Å². The van der Waals surface area contributed by atoms with Gasteiger partial charge in [0.25, 0.3) is 0 Å². The highest BCUT2D eigenvalue weighted by Gasteiger charge is 2.43. The van der Waals surface area contributed by atoms with E-state index in [1.807, 2.05) is 0 Å². The van der Waals surface area contributed by atoms with E-state index in [1.165, 1.54) is 12.8 Å². The molecular formula is C32H52N2O4. The predicted octanol–water partition coefficient (Wildman–Crippen LogP) is 6.91. The zero-order valence-electron chi connectivity index (χ0n) is 25.4. The van der Waals surface area contributed by atoms with E-state index in [-0.39, 0.29) is 46.3 Å². The van der Waals surface area contributed by atoms with Crippen LogP contribution < -0.4 is 5.32 Å². The summed E-state index contributed by atoms with van der Waals surface area (Å²) in [7, 11) is 0. The van der Waals surface area contributed by atoms with Crippen molar-refractivity contribution in [3.63, 3.8) is 0 Å². The lowest BCUT2D eigenvalue weighted by atomic mass is 9.91. The van der Waals surface area contributed by atoms with Crippen molar-refractivity contribution in [2.45, 2.75) is 148 Å². The van der Waals surface area contributed by atoms with Gasteiger partial charge in [-0.15, -0.1) is 0 Å². The Balaban J connectivity index is 1.61. The number of ether oxygens (including phenoxy) is 2. The van der Waals surface area contributed by atoms with Gasteiger partial charge in [-0.2, -0.15) is 0 Å². The second kappa shape index (κ2) is 11.7. The molecule has 1 aromatic carbocycles. The highest BCUT2D eigenvalue weighted by Crippen LogP contribution is 2.38. The molecular weight excluding hydrogens is 476 g/mol. The average molecular weight is 529 g/mol. The number of carbonyl (C=O) groups excluding carboxylic acids is 2.